The Morgan fingerprint density at radius 3 is 2.62 bits per heavy atom. The number of halogens is 1. The number of carbonyl (C=O) groups excluding carboxylic acids is 1. The van der Waals surface area contributed by atoms with Crippen molar-refractivity contribution in [2.24, 2.45) is 5.14 Å². The fraction of sp³-hybridized carbons (Fsp3) is 0.462. The molecule has 0 spiro atoms. The quantitative estimate of drug-likeness (QED) is 0.848. The van der Waals surface area contributed by atoms with E-state index in [1.807, 2.05) is 0 Å². The molecule has 1 fully saturated rings. The lowest BCUT2D eigenvalue weighted by atomic mass is 9.80. The lowest BCUT2D eigenvalue weighted by Gasteiger charge is -2.40. The summed E-state index contributed by atoms with van der Waals surface area (Å²) >= 11 is 5.95. The fourth-order valence-corrected chi connectivity index (χ4v) is 3.39. The minimum Gasteiger partial charge on any atom is -0.376 e. The largest absolute Gasteiger partial charge is 0.376 e. The number of primary sulfonamides is 1. The second-order valence-electron chi connectivity index (χ2n) is 5.08. The summed E-state index contributed by atoms with van der Waals surface area (Å²) in [5.74, 6) is -0.576. The number of amides is 1. The van der Waals surface area contributed by atoms with Gasteiger partial charge in [0, 0.05) is 13.7 Å². The van der Waals surface area contributed by atoms with Crippen LogP contribution < -0.4 is 10.5 Å². The Balaban J connectivity index is 2.23. The van der Waals surface area contributed by atoms with Crippen LogP contribution in [0.3, 0.4) is 0 Å². The van der Waals surface area contributed by atoms with E-state index in [0.29, 0.717) is 6.54 Å². The molecule has 0 atom stereocenters. The highest BCUT2D eigenvalue weighted by Gasteiger charge is 2.37. The second-order valence-corrected chi connectivity index (χ2v) is 7.02. The van der Waals surface area contributed by atoms with Gasteiger partial charge in [-0.05, 0) is 31.4 Å². The summed E-state index contributed by atoms with van der Waals surface area (Å²) in [6.45, 7) is 0.303. The van der Waals surface area contributed by atoms with Crippen LogP contribution in [0, 0.1) is 0 Å². The Morgan fingerprint density at radius 2 is 2.14 bits per heavy atom. The van der Waals surface area contributed by atoms with Crippen molar-refractivity contribution in [3.05, 3.63) is 28.8 Å². The van der Waals surface area contributed by atoms with Gasteiger partial charge in [0.15, 0.2) is 0 Å². The highest BCUT2D eigenvalue weighted by Crippen LogP contribution is 2.34. The summed E-state index contributed by atoms with van der Waals surface area (Å²) in [5, 5.41) is 7.84. The third kappa shape index (κ3) is 3.37. The molecule has 1 aromatic rings. The third-order valence-electron chi connectivity index (χ3n) is 3.78. The summed E-state index contributed by atoms with van der Waals surface area (Å²) < 4.78 is 28.5. The van der Waals surface area contributed by atoms with Gasteiger partial charge in [-0.15, -0.1) is 0 Å². The molecule has 1 amide bonds. The zero-order valence-electron chi connectivity index (χ0n) is 11.6. The Morgan fingerprint density at radius 1 is 1.48 bits per heavy atom. The maximum atomic E-state index is 12.3. The summed E-state index contributed by atoms with van der Waals surface area (Å²) in [5.41, 5.74) is -0.495. The fourth-order valence-electron chi connectivity index (χ4n) is 2.32. The molecular formula is C13H17ClN2O4S. The van der Waals surface area contributed by atoms with Crippen LogP contribution in [0.2, 0.25) is 5.02 Å². The number of benzene rings is 1. The molecule has 0 radical (unpaired) electrons. The lowest BCUT2D eigenvalue weighted by Crippen LogP contribution is -2.49. The van der Waals surface area contributed by atoms with Gasteiger partial charge in [-0.2, -0.15) is 0 Å². The maximum absolute atomic E-state index is 12.3. The smallest absolute Gasteiger partial charge is 0.254 e. The first-order valence-corrected chi connectivity index (χ1v) is 8.36. The average Bonchev–Trinajstić information content (AvgIpc) is 2.36. The number of nitrogens with one attached hydrogen (secondary N) is 1. The SMILES string of the molecule is COC1(CNC(=O)c2c(Cl)cccc2S(N)(=O)=O)CCC1. The molecule has 1 aliphatic rings. The van der Waals surface area contributed by atoms with Crippen LogP contribution in [0.4, 0.5) is 0 Å². The molecule has 1 aliphatic carbocycles. The number of ether oxygens (including phenoxy) is 1. The number of methoxy groups -OCH3 is 1. The molecule has 1 aromatic carbocycles. The number of hydrogen-bond donors (Lipinski definition) is 2. The van der Waals surface area contributed by atoms with Gasteiger partial charge in [-0.25, -0.2) is 13.6 Å². The molecule has 0 bridgehead atoms. The normalized spacial score (nSPS) is 17.1. The number of rotatable bonds is 5. The van der Waals surface area contributed by atoms with Crippen molar-refractivity contribution in [2.75, 3.05) is 13.7 Å². The molecule has 6 nitrogen and oxygen atoms in total. The maximum Gasteiger partial charge on any atom is 0.254 e. The molecule has 2 rings (SSSR count). The van der Waals surface area contributed by atoms with Gasteiger partial charge in [0.05, 0.1) is 21.1 Å². The minimum atomic E-state index is -4.03. The van der Waals surface area contributed by atoms with Crippen LogP contribution in [0.5, 0.6) is 0 Å². The van der Waals surface area contributed by atoms with Crippen molar-refractivity contribution < 1.29 is 17.9 Å². The molecule has 1 saturated carbocycles. The lowest BCUT2D eigenvalue weighted by molar-refractivity contribution is -0.0679. The molecule has 0 unspecified atom stereocenters. The average molecular weight is 333 g/mol. The molecule has 8 heteroatoms. The first-order valence-electron chi connectivity index (χ1n) is 6.44. The van der Waals surface area contributed by atoms with Gasteiger partial charge < -0.3 is 10.1 Å². The van der Waals surface area contributed by atoms with Crippen molar-refractivity contribution in [2.45, 2.75) is 29.8 Å². The van der Waals surface area contributed by atoms with Crippen molar-refractivity contribution in [1.29, 1.82) is 0 Å². The second kappa shape index (κ2) is 5.92. The zero-order chi connectivity index (χ0) is 15.7. The van der Waals surface area contributed by atoms with E-state index in [9.17, 15) is 13.2 Å². The molecule has 0 heterocycles. The predicted molar refractivity (Wildman–Crippen MR) is 78.7 cm³/mol. The Bertz CT molecular complexity index is 651. The van der Waals surface area contributed by atoms with E-state index in [0.717, 1.165) is 19.3 Å². The van der Waals surface area contributed by atoms with E-state index in [2.05, 4.69) is 5.32 Å². The van der Waals surface area contributed by atoms with E-state index in [1.54, 1.807) is 7.11 Å². The summed E-state index contributed by atoms with van der Waals surface area (Å²) in [7, 11) is -2.43. The molecule has 116 valence electrons. The van der Waals surface area contributed by atoms with E-state index in [4.69, 9.17) is 21.5 Å². The van der Waals surface area contributed by atoms with Crippen LogP contribution in [-0.2, 0) is 14.8 Å². The van der Waals surface area contributed by atoms with Gasteiger partial charge in [0.25, 0.3) is 5.91 Å². The standard InChI is InChI=1S/C13H17ClN2O4S/c1-20-13(6-3-7-13)8-16-12(17)11-9(14)4-2-5-10(11)21(15,18)19/h2,4-5H,3,6-8H2,1H3,(H,16,17)(H2,15,18,19). The molecule has 0 saturated heterocycles. The summed E-state index contributed by atoms with van der Waals surface area (Å²) in [6.07, 6.45) is 2.75. The molecule has 0 aliphatic heterocycles. The Hall–Kier alpha value is -1.15. The number of nitrogens with two attached hydrogens (primary N) is 1. The molecule has 21 heavy (non-hydrogen) atoms. The molecule has 0 aromatic heterocycles. The van der Waals surface area contributed by atoms with Crippen LogP contribution >= 0.6 is 11.6 Å². The highest BCUT2D eigenvalue weighted by atomic mass is 35.5. The van der Waals surface area contributed by atoms with Crippen molar-refractivity contribution in [3.8, 4) is 0 Å². The zero-order valence-corrected chi connectivity index (χ0v) is 13.1. The van der Waals surface area contributed by atoms with Gasteiger partial charge in [-0.1, -0.05) is 17.7 Å². The van der Waals surface area contributed by atoms with Gasteiger partial charge >= 0.3 is 0 Å². The number of sulfonamides is 1. The molecule has 3 N–H and O–H groups in total. The van der Waals surface area contributed by atoms with Crippen molar-refractivity contribution >= 4 is 27.5 Å². The summed E-state index contributed by atoms with van der Waals surface area (Å²) in [6, 6.07) is 4.13. The first-order chi connectivity index (χ1) is 9.79. The Kier molecular flexibility index (Phi) is 4.57. The topological polar surface area (TPSA) is 98.5 Å². The number of hydrogen-bond acceptors (Lipinski definition) is 4. The van der Waals surface area contributed by atoms with E-state index in [-0.39, 0.29) is 21.1 Å². The van der Waals surface area contributed by atoms with Crippen LogP contribution in [0.25, 0.3) is 0 Å². The minimum absolute atomic E-state index is 0.0408. The van der Waals surface area contributed by atoms with Crippen LogP contribution in [0.1, 0.15) is 29.6 Å². The summed E-state index contributed by atoms with van der Waals surface area (Å²) in [4.78, 5) is 12.0. The first kappa shape index (κ1) is 16.2. The Labute approximate surface area is 128 Å². The molecular weight excluding hydrogens is 316 g/mol. The van der Waals surface area contributed by atoms with E-state index >= 15 is 0 Å². The van der Waals surface area contributed by atoms with Gasteiger partial charge in [0.1, 0.15) is 0 Å². The van der Waals surface area contributed by atoms with Gasteiger partial charge in [0.2, 0.25) is 10.0 Å². The monoisotopic (exact) mass is 332 g/mol. The third-order valence-corrected chi connectivity index (χ3v) is 5.05. The highest BCUT2D eigenvalue weighted by molar-refractivity contribution is 7.89. The van der Waals surface area contributed by atoms with Gasteiger partial charge in [-0.3, -0.25) is 4.79 Å². The van der Waals surface area contributed by atoms with Crippen molar-refractivity contribution in [3.63, 3.8) is 0 Å². The van der Waals surface area contributed by atoms with Crippen LogP contribution in [0.15, 0.2) is 23.1 Å². The van der Waals surface area contributed by atoms with E-state index in [1.165, 1.54) is 18.2 Å². The number of carbonyl (C=O) groups is 1. The predicted octanol–water partition coefficient (Wildman–Crippen LogP) is 1.29. The van der Waals surface area contributed by atoms with Crippen LogP contribution in [-0.4, -0.2) is 33.6 Å². The van der Waals surface area contributed by atoms with E-state index < -0.39 is 15.9 Å². The van der Waals surface area contributed by atoms with Crippen molar-refractivity contribution in [1.82, 2.24) is 5.32 Å².